The zero-order valence-electron chi connectivity index (χ0n) is 12.2. The molecule has 1 aromatic carbocycles. The van der Waals surface area contributed by atoms with Gasteiger partial charge in [0.2, 0.25) is 0 Å². The number of hydrogen-bond acceptors (Lipinski definition) is 2. The van der Waals surface area contributed by atoms with Crippen LogP contribution in [0.15, 0.2) is 24.3 Å². The SMILES string of the molecule is CC(NC1CCCCC1C(F)(F)F)c1cccc(CO)c1. The third-order valence-electron chi connectivity index (χ3n) is 4.28. The minimum absolute atomic E-state index is 0.0604. The van der Waals surface area contributed by atoms with E-state index < -0.39 is 18.1 Å². The molecule has 3 unspecified atom stereocenters. The molecule has 1 saturated carbocycles. The van der Waals surface area contributed by atoms with Gasteiger partial charge < -0.3 is 10.4 Å². The first-order valence-electron chi connectivity index (χ1n) is 7.44. The van der Waals surface area contributed by atoms with Gasteiger partial charge in [0.25, 0.3) is 0 Å². The highest BCUT2D eigenvalue weighted by Crippen LogP contribution is 2.38. The highest BCUT2D eigenvalue weighted by atomic mass is 19.4. The van der Waals surface area contributed by atoms with Crippen LogP contribution < -0.4 is 5.32 Å². The van der Waals surface area contributed by atoms with Gasteiger partial charge in [0, 0.05) is 12.1 Å². The number of aliphatic hydroxyl groups excluding tert-OH is 1. The van der Waals surface area contributed by atoms with Crippen LogP contribution in [0.25, 0.3) is 0 Å². The van der Waals surface area contributed by atoms with Crippen molar-refractivity contribution in [2.45, 2.75) is 57.5 Å². The molecule has 5 heteroatoms. The Labute approximate surface area is 123 Å². The normalized spacial score (nSPS) is 24.8. The van der Waals surface area contributed by atoms with Gasteiger partial charge >= 0.3 is 6.18 Å². The highest BCUT2D eigenvalue weighted by molar-refractivity contribution is 5.25. The Morgan fingerprint density at radius 1 is 1.29 bits per heavy atom. The van der Waals surface area contributed by atoms with Crippen molar-refractivity contribution in [3.8, 4) is 0 Å². The molecule has 0 amide bonds. The van der Waals surface area contributed by atoms with Crippen LogP contribution in [0.1, 0.15) is 49.8 Å². The van der Waals surface area contributed by atoms with Crippen molar-refractivity contribution < 1.29 is 18.3 Å². The van der Waals surface area contributed by atoms with Gasteiger partial charge in [-0.25, -0.2) is 0 Å². The van der Waals surface area contributed by atoms with Crippen molar-refractivity contribution in [3.05, 3.63) is 35.4 Å². The summed E-state index contributed by atoms with van der Waals surface area (Å²) in [6.07, 6.45) is -1.87. The lowest BCUT2D eigenvalue weighted by Crippen LogP contribution is -2.46. The van der Waals surface area contributed by atoms with E-state index >= 15 is 0 Å². The van der Waals surface area contributed by atoms with Crippen molar-refractivity contribution in [1.29, 1.82) is 0 Å². The molecular formula is C16H22F3NO. The van der Waals surface area contributed by atoms with Crippen LogP contribution in [0.5, 0.6) is 0 Å². The Morgan fingerprint density at radius 3 is 2.67 bits per heavy atom. The van der Waals surface area contributed by atoms with Gasteiger partial charge in [0.1, 0.15) is 0 Å². The fourth-order valence-electron chi connectivity index (χ4n) is 3.10. The quantitative estimate of drug-likeness (QED) is 0.882. The first kappa shape index (κ1) is 16.3. The molecule has 0 aromatic heterocycles. The molecule has 0 aliphatic heterocycles. The summed E-state index contributed by atoms with van der Waals surface area (Å²) in [6.45, 7) is 1.81. The Kier molecular flexibility index (Phi) is 5.27. The Hall–Kier alpha value is -1.07. The monoisotopic (exact) mass is 301 g/mol. The van der Waals surface area contributed by atoms with E-state index in [2.05, 4.69) is 5.32 Å². The minimum atomic E-state index is -4.13. The van der Waals surface area contributed by atoms with Crippen LogP contribution in [0.4, 0.5) is 13.2 Å². The van der Waals surface area contributed by atoms with Crippen LogP contribution in [0.2, 0.25) is 0 Å². The molecule has 21 heavy (non-hydrogen) atoms. The maximum absolute atomic E-state index is 13.1. The largest absolute Gasteiger partial charge is 0.393 e. The van der Waals surface area contributed by atoms with Gasteiger partial charge in [0.15, 0.2) is 0 Å². The second-order valence-electron chi connectivity index (χ2n) is 5.83. The average molecular weight is 301 g/mol. The summed E-state index contributed by atoms with van der Waals surface area (Å²) in [5.74, 6) is -1.25. The highest BCUT2D eigenvalue weighted by Gasteiger charge is 2.45. The number of rotatable bonds is 4. The van der Waals surface area contributed by atoms with Crippen molar-refractivity contribution in [2.24, 2.45) is 5.92 Å². The number of hydrogen-bond donors (Lipinski definition) is 2. The van der Waals surface area contributed by atoms with Crippen LogP contribution in [0, 0.1) is 5.92 Å². The van der Waals surface area contributed by atoms with Crippen molar-refractivity contribution in [3.63, 3.8) is 0 Å². The van der Waals surface area contributed by atoms with E-state index in [1.165, 1.54) is 0 Å². The van der Waals surface area contributed by atoms with E-state index in [1.807, 2.05) is 25.1 Å². The minimum Gasteiger partial charge on any atom is -0.392 e. The number of alkyl halides is 3. The molecule has 2 rings (SSSR count). The molecule has 1 aromatic rings. The van der Waals surface area contributed by atoms with Gasteiger partial charge in [-0.2, -0.15) is 13.2 Å². The van der Waals surface area contributed by atoms with Crippen LogP contribution in [0.3, 0.4) is 0 Å². The molecule has 0 bridgehead atoms. The molecule has 3 atom stereocenters. The van der Waals surface area contributed by atoms with Crippen LogP contribution in [-0.2, 0) is 6.61 Å². The summed E-state index contributed by atoms with van der Waals surface area (Å²) in [6, 6.07) is 6.65. The third kappa shape index (κ3) is 4.20. The molecule has 2 nitrogen and oxygen atoms in total. The van der Waals surface area contributed by atoms with Gasteiger partial charge in [0.05, 0.1) is 12.5 Å². The lowest BCUT2D eigenvalue weighted by molar-refractivity contribution is -0.189. The van der Waals surface area contributed by atoms with Gasteiger partial charge in [-0.3, -0.25) is 0 Å². The van der Waals surface area contributed by atoms with E-state index in [9.17, 15) is 13.2 Å². The molecule has 2 N–H and O–H groups in total. The fourth-order valence-corrected chi connectivity index (χ4v) is 3.10. The van der Waals surface area contributed by atoms with Crippen LogP contribution in [-0.4, -0.2) is 17.3 Å². The zero-order valence-corrected chi connectivity index (χ0v) is 12.2. The van der Waals surface area contributed by atoms with Gasteiger partial charge in [-0.15, -0.1) is 0 Å². The van der Waals surface area contributed by atoms with Crippen molar-refractivity contribution in [1.82, 2.24) is 5.32 Å². The Bertz CT molecular complexity index is 461. The van der Waals surface area contributed by atoms with E-state index in [4.69, 9.17) is 5.11 Å². The number of benzene rings is 1. The van der Waals surface area contributed by atoms with Gasteiger partial charge in [-0.05, 0) is 30.9 Å². The maximum atomic E-state index is 13.1. The molecule has 0 saturated heterocycles. The molecular weight excluding hydrogens is 279 g/mol. The molecule has 1 aliphatic rings. The van der Waals surface area contributed by atoms with E-state index in [-0.39, 0.29) is 19.1 Å². The second kappa shape index (κ2) is 6.79. The lowest BCUT2D eigenvalue weighted by atomic mass is 9.83. The summed E-state index contributed by atoms with van der Waals surface area (Å²) in [5.41, 5.74) is 1.69. The summed E-state index contributed by atoms with van der Waals surface area (Å²) < 4.78 is 39.3. The van der Waals surface area contributed by atoms with E-state index in [0.717, 1.165) is 17.5 Å². The molecule has 1 fully saturated rings. The first-order valence-corrected chi connectivity index (χ1v) is 7.44. The van der Waals surface area contributed by atoms with E-state index in [0.29, 0.717) is 12.8 Å². The number of nitrogens with one attached hydrogen (secondary N) is 1. The second-order valence-corrected chi connectivity index (χ2v) is 5.83. The molecule has 0 radical (unpaired) electrons. The summed E-state index contributed by atoms with van der Waals surface area (Å²) in [4.78, 5) is 0. The smallest absolute Gasteiger partial charge is 0.392 e. The predicted octanol–water partition coefficient (Wildman–Crippen LogP) is 3.95. The summed E-state index contributed by atoms with van der Waals surface area (Å²) in [7, 11) is 0. The summed E-state index contributed by atoms with van der Waals surface area (Å²) in [5, 5.41) is 12.3. The Morgan fingerprint density at radius 2 is 2.00 bits per heavy atom. The fraction of sp³-hybridized carbons (Fsp3) is 0.625. The Balaban J connectivity index is 2.07. The molecule has 1 aliphatic carbocycles. The molecule has 0 heterocycles. The van der Waals surface area contributed by atoms with Crippen LogP contribution >= 0.6 is 0 Å². The maximum Gasteiger partial charge on any atom is 0.393 e. The third-order valence-corrected chi connectivity index (χ3v) is 4.28. The molecule has 118 valence electrons. The molecule has 0 spiro atoms. The zero-order chi connectivity index (χ0) is 15.5. The topological polar surface area (TPSA) is 32.3 Å². The van der Waals surface area contributed by atoms with E-state index in [1.54, 1.807) is 6.07 Å². The average Bonchev–Trinajstić information content (AvgIpc) is 2.46. The standard InChI is InChI=1S/C16H22F3NO/c1-11(13-6-4-5-12(9-13)10-21)20-15-8-3-2-7-14(15)16(17,18)19/h4-6,9,11,14-15,20-21H,2-3,7-8,10H2,1H3. The summed E-state index contributed by atoms with van der Waals surface area (Å²) >= 11 is 0. The van der Waals surface area contributed by atoms with Crippen molar-refractivity contribution >= 4 is 0 Å². The van der Waals surface area contributed by atoms with Crippen molar-refractivity contribution in [2.75, 3.05) is 0 Å². The number of halogens is 3. The predicted molar refractivity (Wildman–Crippen MR) is 75.7 cm³/mol. The lowest BCUT2D eigenvalue weighted by Gasteiger charge is -2.35. The first-order chi connectivity index (χ1) is 9.91. The number of aliphatic hydroxyl groups is 1. The van der Waals surface area contributed by atoms with Gasteiger partial charge in [-0.1, -0.05) is 37.1 Å².